The van der Waals surface area contributed by atoms with Crippen molar-refractivity contribution in [3.05, 3.63) is 29.3 Å². The number of aryl methyl sites for hydroxylation is 1. The van der Waals surface area contributed by atoms with Crippen LogP contribution in [0.3, 0.4) is 0 Å². The summed E-state index contributed by atoms with van der Waals surface area (Å²) >= 11 is 0. The predicted molar refractivity (Wildman–Crippen MR) is 77.2 cm³/mol. The third kappa shape index (κ3) is 3.70. The van der Waals surface area contributed by atoms with Crippen molar-refractivity contribution < 1.29 is 9.90 Å². The number of phenols is 1. The third-order valence-corrected chi connectivity index (χ3v) is 4.03. The van der Waals surface area contributed by atoms with Crippen molar-refractivity contribution in [1.82, 2.24) is 5.32 Å². The molecule has 0 atom stereocenters. The molecule has 0 radical (unpaired) electrons. The normalized spacial score (nSPS) is 11.4. The van der Waals surface area contributed by atoms with E-state index in [2.05, 4.69) is 19.2 Å². The van der Waals surface area contributed by atoms with Crippen molar-refractivity contribution in [1.29, 1.82) is 0 Å². The zero-order valence-electron chi connectivity index (χ0n) is 12.0. The quantitative estimate of drug-likeness (QED) is 0.737. The molecule has 106 valence electrons. The summed E-state index contributed by atoms with van der Waals surface area (Å²) < 4.78 is 0. The highest BCUT2D eigenvalue weighted by Crippen LogP contribution is 2.24. The number of amides is 1. The molecular weight excluding hydrogens is 240 g/mol. The lowest BCUT2D eigenvalue weighted by atomic mass is 9.82. The highest BCUT2D eigenvalue weighted by molar-refractivity contribution is 5.94. The Balaban J connectivity index is 2.72. The van der Waals surface area contributed by atoms with E-state index in [4.69, 9.17) is 5.73 Å². The van der Waals surface area contributed by atoms with E-state index in [9.17, 15) is 9.90 Å². The van der Waals surface area contributed by atoms with Crippen LogP contribution in [0, 0.1) is 12.3 Å². The first-order valence-electron chi connectivity index (χ1n) is 6.76. The lowest BCUT2D eigenvalue weighted by Gasteiger charge is -2.30. The number of nitrogens with two attached hydrogens (primary N) is 1. The Labute approximate surface area is 115 Å². The van der Waals surface area contributed by atoms with Gasteiger partial charge in [-0.05, 0) is 49.4 Å². The number of phenolic OH excluding ortho intramolecular Hbond substituents is 1. The van der Waals surface area contributed by atoms with Crippen molar-refractivity contribution in [3.63, 3.8) is 0 Å². The van der Waals surface area contributed by atoms with Gasteiger partial charge in [0.05, 0.1) is 0 Å². The largest absolute Gasteiger partial charge is 0.508 e. The number of nitrogens with one attached hydrogen (secondary N) is 1. The van der Waals surface area contributed by atoms with Gasteiger partial charge in [-0.3, -0.25) is 4.79 Å². The molecule has 1 rings (SSSR count). The van der Waals surface area contributed by atoms with Gasteiger partial charge in [0.2, 0.25) is 0 Å². The topological polar surface area (TPSA) is 75.3 Å². The molecule has 0 saturated heterocycles. The Bertz CT molecular complexity index is 432. The molecule has 1 aromatic rings. The van der Waals surface area contributed by atoms with Gasteiger partial charge in [-0.2, -0.15) is 0 Å². The summed E-state index contributed by atoms with van der Waals surface area (Å²) in [7, 11) is 0. The number of carbonyl (C=O) groups excluding carboxylic acids is 1. The van der Waals surface area contributed by atoms with E-state index in [1.807, 2.05) is 0 Å². The van der Waals surface area contributed by atoms with Crippen LogP contribution in [0.5, 0.6) is 5.75 Å². The zero-order chi connectivity index (χ0) is 14.5. The maximum atomic E-state index is 12.0. The van der Waals surface area contributed by atoms with E-state index in [0.29, 0.717) is 18.7 Å². The lowest BCUT2D eigenvalue weighted by molar-refractivity contribution is 0.0927. The second-order valence-corrected chi connectivity index (χ2v) is 5.10. The molecule has 0 unspecified atom stereocenters. The van der Waals surface area contributed by atoms with Gasteiger partial charge >= 0.3 is 0 Å². The second kappa shape index (κ2) is 6.57. The number of benzene rings is 1. The number of rotatable bonds is 6. The van der Waals surface area contributed by atoms with Gasteiger partial charge in [-0.15, -0.1) is 0 Å². The summed E-state index contributed by atoms with van der Waals surface area (Å²) in [6.45, 7) is 7.08. The molecule has 0 bridgehead atoms. The first kappa shape index (κ1) is 15.5. The molecule has 4 heteroatoms. The van der Waals surface area contributed by atoms with Gasteiger partial charge < -0.3 is 16.2 Å². The molecule has 1 aromatic carbocycles. The van der Waals surface area contributed by atoms with E-state index >= 15 is 0 Å². The molecule has 1 amide bonds. The van der Waals surface area contributed by atoms with Gasteiger partial charge in [-0.1, -0.05) is 19.9 Å². The maximum absolute atomic E-state index is 12.0. The maximum Gasteiger partial charge on any atom is 0.251 e. The van der Waals surface area contributed by atoms with Crippen molar-refractivity contribution in [2.75, 3.05) is 13.1 Å². The summed E-state index contributed by atoms with van der Waals surface area (Å²) in [6, 6.07) is 4.94. The number of hydrogen-bond acceptors (Lipinski definition) is 3. The minimum absolute atomic E-state index is 0.0393. The highest BCUT2D eigenvalue weighted by Gasteiger charge is 2.25. The van der Waals surface area contributed by atoms with E-state index in [0.717, 1.165) is 18.4 Å². The molecule has 19 heavy (non-hydrogen) atoms. The monoisotopic (exact) mass is 264 g/mol. The average molecular weight is 264 g/mol. The summed E-state index contributed by atoms with van der Waals surface area (Å²) in [4.78, 5) is 12.0. The van der Waals surface area contributed by atoms with Crippen LogP contribution in [0.25, 0.3) is 0 Å². The van der Waals surface area contributed by atoms with Crippen LogP contribution in [0.15, 0.2) is 18.2 Å². The predicted octanol–water partition coefficient (Wildman–Crippen LogP) is 2.20. The SMILES string of the molecule is CCC(CC)(CN)CNC(=O)c1ccc(C)c(O)c1. The summed E-state index contributed by atoms with van der Waals surface area (Å²) in [5.41, 5.74) is 7.00. The molecule has 0 fully saturated rings. The van der Waals surface area contributed by atoms with E-state index in [1.165, 1.54) is 6.07 Å². The van der Waals surface area contributed by atoms with Crippen LogP contribution in [0.2, 0.25) is 0 Å². The molecule has 0 aliphatic carbocycles. The van der Waals surface area contributed by atoms with Crippen molar-refractivity contribution in [3.8, 4) is 5.75 Å². The van der Waals surface area contributed by atoms with E-state index in [1.54, 1.807) is 19.1 Å². The van der Waals surface area contributed by atoms with Gasteiger partial charge in [-0.25, -0.2) is 0 Å². The van der Waals surface area contributed by atoms with Crippen molar-refractivity contribution in [2.24, 2.45) is 11.1 Å². The molecule has 0 aliphatic heterocycles. The van der Waals surface area contributed by atoms with Gasteiger partial charge in [0.25, 0.3) is 5.91 Å². The Morgan fingerprint density at radius 3 is 2.47 bits per heavy atom. The van der Waals surface area contributed by atoms with E-state index < -0.39 is 0 Å². The minimum Gasteiger partial charge on any atom is -0.508 e. The van der Waals surface area contributed by atoms with Gasteiger partial charge in [0.15, 0.2) is 0 Å². The standard InChI is InChI=1S/C15H24N2O2/c1-4-15(5-2,9-16)10-17-14(19)12-7-6-11(3)13(18)8-12/h6-8,18H,4-5,9-10,16H2,1-3H3,(H,17,19). The summed E-state index contributed by atoms with van der Waals surface area (Å²) in [6.07, 6.45) is 1.86. The molecule has 0 heterocycles. The summed E-state index contributed by atoms with van der Waals surface area (Å²) in [5.74, 6) is -0.0289. The van der Waals surface area contributed by atoms with Gasteiger partial charge in [0, 0.05) is 12.1 Å². The highest BCUT2D eigenvalue weighted by atomic mass is 16.3. The Morgan fingerprint density at radius 2 is 2.00 bits per heavy atom. The fraction of sp³-hybridized carbons (Fsp3) is 0.533. The third-order valence-electron chi connectivity index (χ3n) is 4.03. The number of carbonyl (C=O) groups is 1. The van der Waals surface area contributed by atoms with Crippen LogP contribution in [-0.4, -0.2) is 24.1 Å². The average Bonchev–Trinajstić information content (AvgIpc) is 2.43. The molecule has 4 N–H and O–H groups in total. The lowest BCUT2D eigenvalue weighted by Crippen LogP contribution is -2.41. The molecule has 0 spiro atoms. The zero-order valence-corrected chi connectivity index (χ0v) is 12.0. The molecule has 0 aliphatic rings. The van der Waals surface area contributed by atoms with Gasteiger partial charge in [0.1, 0.15) is 5.75 Å². The van der Waals surface area contributed by atoms with Crippen LogP contribution in [0.1, 0.15) is 42.6 Å². The molecule has 0 aromatic heterocycles. The Kier molecular flexibility index (Phi) is 5.36. The fourth-order valence-electron chi connectivity index (χ4n) is 1.98. The number of aromatic hydroxyl groups is 1. The molecule has 4 nitrogen and oxygen atoms in total. The second-order valence-electron chi connectivity index (χ2n) is 5.10. The van der Waals surface area contributed by atoms with Crippen molar-refractivity contribution in [2.45, 2.75) is 33.6 Å². The first-order valence-corrected chi connectivity index (χ1v) is 6.76. The summed E-state index contributed by atoms with van der Waals surface area (Å²) in [5, 5.41) is 12.5. The Hall–Kier alpha value is -1.55. The minimum atomic E-state index is -0.171. The number of hydrogen-bond donors (Lipinski definition) is 3. The molecular formula is C15H24N2O2. The fourth-order valence-corrected chi connectivity index (χ4v) is 1.98. The van der Waals surface area contributed by atoms with Crippen LogP contribution in [-0.2, 0) is 0 Å². The van der Waals surface area contributed by atoms with Crippen LogP contribution in [0.4, 0.5) is 0 Å². The van der Waals surface area contributed by atoms with E-state index in [-0.39, 0.29) is 17.1 Å². The van der Waals surface area contributed by atoms with Crippen LogP contribution < -0.4 is 11.1 Å². The van der Waals surface area contributed by atoms with Crippen LogP contribution >= 0.6 is 0 Å². The van der Waals surface area contributed by atoms with Crippen molar-refractivity contribution >= 4 is 5.91 Å². The first-order chi connectivity index (χ1) is 8.98. The Morgan fingerprint density at radius 1 is 1.37 bits per heavy atom. The smallest absolute Gasteiger partial charge is 0.251 e. The molecule has 0 saturated carbocycles.